The Kier molecular flexibility index (Phi) is 4.48. The van der Waals surface area contributed by atoms with Gasteiger partial charge in [-0.25, -0.2) is 4.79 Å². The molecule has 1 amide bonds. The van der Waals surface area contributed by atoms with Gasteiger partial charge in [-0.1, -0.05) is 0 Å². The molecule has 0 saturated carbocycles. The minimum Gasteiger partial charge on any atom is -0.497 e. The maximum Gasteiger partial charge on any atom is 0.455 e. The molecule has 2 aromatic rings. The van der Waals surface area contributed by atoms with Gasteiger partial charge in [-0.2, -0.15) is 13.2 Å². The fraction of sp³-hybridized carbons (Fsp3) is 0.286. The highest BCUT2D eigenvalue weighted by molar-refractivity contribution is 6.16. The first kappa shape index (κ1) is 16.7. The van der Waals surface area contributed by atoms with E-state index in [1.54, 1.807) is 0 Å². The van der Waals surface area contributed by atoms with Crippen molar-refractivity contribution < 1.29 is 32.2 Å². The summed E-state index contributed by atoms with van der Waals surface area (Å²) in [6.07, 6.45) is -6.06. The lowest BCUT2D eigenvalue weighted by molar-refractivity contribution is -0.0883. The zero-order valence-electron chi connectivity index (χ0n) is 12.2. The van der Waals surface area contributed by atoms with Gasteiger partial charge in [0, 0.05) is 10.9 Å². The van der Waals surface area contributed by atoms with Crippen LogP contribution < -0.4 is 10.1 Å². The number of ether oxygens (including phenoxy) is 2. The van der Waals surface area contributed by atoms with Gasteiger partial charge in [0.1, 0.15) is 11.6 Å². The van der Waals surface area contributed by atoms with Crippen LogP contribution in [-0.4, -0.2) is 36.8 Å². The first-order valence-electron chi connectivity index (χ1n) is 6.53. The number of carbonyl (C=O) groups is 2. The molecule has 2 rings (SSSR count). The number of anilines is 1. The quantitative estimate of drug-likeness (QED) is 0.841. The number of amides is 1. The summed E-state index contributed by atoms with van der Waals surface area (Å²) in [4.78, 5) is 25.8. The van der Waals surface area contributed by atoms with E-state index >= 15 is 0 Å². The summed E-state index contributed by atoms with van der Waals surface area (Å²) < 4.78 is 48.1. The molecule has 9 heteroatoms. The van der Waals surface area contributed by atoms with E-state index in [1.807, 2.05) is 0 Å². The van der Waals surface area contributed by atoms with Crippen LogP contribution in [0.25, 0.3) is 10.9 Å². The Hall–Kier alpha value is -2.71. The van der Waals surface area contributed by atoms with Crippen molar-refractivity contribution in [1.29, 1.82) is 0 Å². The third kappa shape index (κ3) is 3.38. The van der Waals surface area contributed by atoms with Crippen LogP contribution in [0.4, 0.5) is 23.8 Å². The largest absolute Gasteiger partial charge is 0.497 e. The molecule has 0 aliphatic heterocycles. The average Bonchev–Trinajstić information content (AvgIpc) is 2.82. The molecule has 1 aromatic heterocycles. The minimum atomic E-state index is -5.09. The Morgan fingerprint density at radius 2 is 2.00 bits per heavy atom. The van der Waals surface area contributed by atoms with E-state index in [9.17, 15) is 22.8 Å². The van der Waals surface area contributed by atoms with Crippen molar-refractivity contribution in [3.63, 3.8) is 0 Å². The fourth-order valence-corrected chi connectivity index (χ4v) is 2.04. The molecule has 0 aliphatic carbocycles. The summed E-state index contributed by atoms with van der Waals surface area (Å²) in [5, 5.41) is 2.10. The van der Waals surface area contributed by atoms with Crippen molar-refractivity contribution in [2.75, 3.05) is 19.0 Å². The number of rotatable bonds is 4. The molecule has 0 bridgehead atoms. The number of methoxy groups -OCH3 is 1. The van der Waals surface area contributed by atoms with Crippen LogP contribution in [0.1, 0.15) is 17.3 Å². The van der Waals surface area contributed by atoms with Gasteiger partial charge in [0.25, 0.3) is 5.78 Å². The zero-order chi connectivity index (χ0) is 17.2. The van der Waals surface area contributed by atoms with Crippen LogP contribution in [0.3, 0.4) is 0 Å². The van der Waals surface area contributed by atoms with Gasteiger partial charge in [-0.05, 0) is 25.1 Å². The number of benzene rings is 1. The monoisotopic (exact) mass is 330 g/mol. The molecular formula is C14H13F3N2O4. The van der Waals surface area contributed by atoms with Gasteiger partial charge in [0.15, 0.2) is 0 Å². The molecule has 124 valence electrons. The van der Waals surface area contributed by atoms with Gasteiger partial charge in [0.2, 0.25) is 0 Å². The number of Topliss-reactive ketones (excluding diaryl/α,β-unsaturated/α-hetero) is 1. The molecule has 0 atom stereocenters. The Morgan fingerprint density at radius 3 is 2.57 bits per heavy atom. The van der Waals surface area contributed by atoms with Crippen molar-refractivity contribution in [2.24, 2.45) is 0 Å². The predicted molar refractivity (Wildman–Crippen MR) is 75.9 cm³/mol. The van der Waals surface area contributed by atoms with Crippen molar-refractivity contribution in [2.45, 2.75) is 13.1 Å². The van der Waals surface area contributed by atoms with Gasteiger partial charge in [0.05, 0.1) is 19.3 Å². The van der Waals surface area contributed by atoms with Gasteiger partial charge in [-0.15, -0.1) is 0 Å². The Balaban J connectivity index is 2.60. The molecule has 0 radical (unpaired) electrons. The number of fused-ring (bicyclic) bond motifs is 1. The van der Waals surface area contributed by atoms with E-state index in [4.69, 9.17) is 4.74 Å². The second kappa shape index (κ2) is 6.19. The van der Waals surface area contributed by atoms with Gasteiger partial charge in [-0.3, -0.25) is 10.1 Å². The van der Waals surface area contributed by atoms with Crippen LogP contribution in [0.2, 0.25) is 0 Å². The van der Waals surface area contributed by atoms with E-state index in [0.717, 1.165) is 0 Å². The van der Waals surface area contributed by atoms with Crippen LogP contribution in [0.5, 0.6) is 5.75 Å². The van der Waals surface area contributed by atoms with Gasteiger partial charge >= 0.3 is 12.3 Å². The lowest BCUT2D eigenvalue weighted by Crippen LogP contribution is -2.24. The number of ketones is 1. The number of carbonyl (C=O) groups excluding carboxylic acids is 2. The number of aromatic nitrogens is 1. The van der Waals surface area contributed by atoms with Crippen LogP contribution in [-0.2, 0) is 4.74 Å². The molecule has 0 fully saturated rings. The standard InChI is InChI=1S/C14H13F3N2O4/c1-3-23-13(21)19-12-10(11(20)14(15,16)17)8-6-7(22-2)4-5-9(8)18-12/h4-6,18H,3H2,1-2H3,(H,19,21). The third-order valence-corrected chi connectivity index (χ3v) is 2.99. The number of nitrogens with one attached hydrogen (secondary N) is 2. The highest BCUT2D eigenvalue weighted by atomic mass is 19.4. The van der Waals surface area contributed by atoms with Crippen LogP contribution in [0.15, 0.2) is 18.2 Å². The van der Waals surface area contributed by atoms with Crippen molar-refractivity contribution >= 4 is 28.6 Å². The summed E-state index contributed by atoms with van der Waals surface area (Å²) in [6, 6.07) is 4.23. The SMILES string of the molecule is CCOC(=O)Nc1[nH]c2ccc(OC)cc2c1C(=O)C(F)(F)F. The maximum atomic E-state index is 12.8. The normalized spacial score (nSPS) is 11.3. The highest BCUT2D eigenvalue weighted by Crippen LogP contribution is 2.34. The first-order valence-corrected chi connectivity index (χ1v) is 6.53. The molecule has 0 aliphatic rings. The second-order valence-corrected chi connectivity index (χ2v) is 4.46. The number of H-pyrrole nitrogens is 1. The van der Waals surface area contributed by atoms with Crippen molar-refractivity contribution in [1.82, 2.24) is 4.98 Å². The second-order valence-electron chi connectivity index (χ2n) is 4.46. The first-order chi connectivity index (χ1) is 10.8. The number of hydrogen-bond acceptors (Lipinski definition) is 4. The Labute approximate surface area is 128 Å². The molecule has 1 aromatic carbocycles. The van der Waals surface area contributed by atoms with E-state index in [-0.39, 0.29) is 29.1 Å². The number of hydrogen-bond donors (Lipinski definition) is 2. The summed E-state index contributed by atoms with van der Waals surface area (Å²) >= 11 is 0. The number of halogens is 3. The van der Waals surface area contributed by atoms with E-state index in [1.165, 1.54) is 32.2 Å². The lowest BCUT2D eigenvalue weighted by atomic mass is 10.1. The molecule has 0 unspecified atom stereocenters. The topological polar surface area (TPSA) is 80.4 Å². The summed E-state index contributed by atoms with van der Waals surface area (Å²) in [5.41, 5.74) is -0.454. The molecule has 0 spiro atoms. The summed E-state index contributed by atoms with van der Waals surface area (Å²) in [6.45, 7) is 1.57. The van der Waals surface area contributed by atoms with E-state index in [0.29, 0.717) is 0 Å². The molecule has 1 heterocycles. The van der Waals surface area contributed by atoms with Crippen LogP contribution in [0, 0.1) is 0 Å². The van der Waals surface area contributed by atoms with E-state index in [2.05, 4.69) is 15.0 Å². The molecule has 23 heavy (non-hydrogen) atoms. The Morgan fingerprint density at radius 1 is 1.30 bits per heavy atom. The smallest absolute Gasteiger partial charge is 0.455 e. The predicted octanol–water partition coefficient (Wildman–Crippen LogP) is 3.49. The zero-order valence-corrected chi connectivity index (χ0v) is 12.2. The molecule has 2 N–H and O–H groups in total. The minimum absolute atomic E-state index is 0.0153. The summed E-state index contributed by atoms with van der Waals surface area (Å²) in [5.74, 6) is -2.19. The Bertz CT molecular complexity index is 752. The lowest BCUT2D eigenvalue weighted by Gasteiger charge is -2.08. The van der Waals surface area contributed by atoms with Crippen LogP contribution >= 0.6 is 0 Å². The van der Waals surface area contributed by atoms with E-state index < -0.39 is 23.6 Å². The highest BCUT2D eigenvalue weighted by Gasteiger charge is 2.42. The van der Waals surface area contributed by atoms with Crippen molar-refractivity contribution in [3.05, 3.63) is 23.8 Å². The summed E-state index contributed by atoms with van der Waals surface area (Å²) in [7, 11) is 1.34. The van der Waals surface area contributed by atoms with Gasteiger partial charge < -0.3 is 14.5 Å². The third-order valence-electron chi connectivity index (χ3n) is 2.99. The fourth-order valence-electron chi connectivity index (χ4n) is 2.04. The number of alkyl halides is 3. The number of aromatic amines is 1. The molecular weight excluding hydrogens is 317 g/mol. The molecule has 6 nitrogen and oxygen atoms in total. The average molecular weight is 330 g/mol. The molecule has 0 saturated heterocycles. The van der Waals surface area contributed by atoms with Crippen molar-refractivity contribution in [3.8, 4) is 5.75 Å². The maximum absolute atomic E-state index is 12.8.